The number of nitrogens with one attached hydrogen (secondary N) is 1. The van der Waals surface area contributed by atoms with E-state index in [1.165, 1.54) is 0 Å². The molecular weight excluding hydrogens is 358 g/mol. The van der Waals surface area contributed by atoms with E-state index in [-0.39, 0.29) is 24.2 Å². The summed E-state index contributed by atoms with van der Waals surface area (Å²) in [5.41, 5.74) is -0.217. The van der Waals surface area contributed by atoms with Crippen molar-refractivity contribution in [3.05, 3.63) is 54.6 Å². The Labute approximate surface area is 164 Å². The molecule has 2 aromatic rings. The monoisotopic (exact) mass is 383 g/mol. The van der Waals surface area contributed by atoms with Gasteiger partial charge in [-0.2, -0.15) is 0 Å². The van der Waals surface area contributed by atoms with Crippen molar-refractivity contribution in [3.63, 3.8) is 0 Å². The zero-order valence-corrected chi connectivity index (χ0v) is 15.8. The second kappa shape index (κ2) is 8.63. The van der Waals surface area contributed by atoms with Crippen LogP contribution in [-0.4, -0.2) is 44.0 Å². The topological polar surface area (TPSA) is 66.0 Å². The van der Waals surface area contributed by atoms with E-state index in [1.807, 2.05) is 42.5 Å². The zero-order valence-electron chi connectivity index (χ0n) is 15.8. The first-order chi connectivity index (χ1) is 13.7. The molecule has 28 heavy (non-hydrogen) atoms. The van der Waals surface area contributed by atoms with E-state index >= 15 is 0 Å². The molecule has 1 amide bonds. The van der Waals surface area contributed by atoms with E-state index in [0.29, 0.717) is 24.7 Å². The van der Waals surface area contributed by atoms with Gasteiger partial charge in [0.25, 0.3) is 5.91 Å². The molecule has 2 aliphatic heterocycles. The standard InChI is InChI=1S/C22H25NO5/c24-21(23-17-10-12-27-22(14-17)11-13-25-16-22)15-26-18-6-8-20(9-7-18)28-19-4-2-1-3-5-19/h1-9,17H,10-16H2,(H,23,24)/t17-,22-/m0/s1. The zero-order chi connectivity index (χ0) is 19.2. The normalized spacial score (nSPS) is 24.1. The van der Waals surface area contributed by atoms with Crippen LogP contribution in [0, 0.1) is 0 Å². The van der Waals surface area contributed by atoms with Crippen molar-refractivity contribution in [2.24, 2.45) is 0 Å². The SMILES string of the molecule is O=C(COc1ccc(Oc2ccccc2)cc1)N[C@H]1CCO[C@@]2(CCOC2)C1. The number of amides is 1. The van der Waals surface area contributed by atoms with Gasteiger partial charge in [0.05, 0.1) is 12.2 Å². The van der Waals surface area contributed by atoms with Gasteiger partial charge in [0, 0.05) is 25.7 Å². The van der Waals surface area contributed by atoms with E-state index in [4.69, 9.17) is 18.9 Å². The Morgan fingerprint density at radius 2 is 1.79 bits per heavy atom. The van der Waals surface area contributed by atoms with Gasteiger partial charge in [0.1, 0.15) is 17.2 Å². The molecule has 2 saturated heterocycles. The first-order valence-electron chi connectivity index (χ1n) is 9.68. The largest absolute Gasteiger partial charge is 0.484 e. The summed E-state index contributed by atoms with van der Waals surface area (Å²) in [7, 11) is 0. The molecule has 4 rings (SSSR count). The van der Waals surface area contributed by atoms with Crippen LogP contribution >= 0.6 is 0 Å². The maximum absolute atomic E-state index is 12.3. The lowest BCUT2D eigenvalue weighted by atomic mass is 9.90. The highest BCUT2D eigenvalue weighted by Gasteiger charge is 2.41. The average molecular weight is 383 g/mol. The molecule has 148 valence electrons. The molecule has 0 unspecified atom stereocenters. The molecule has 2 heterocycles. The van der Waals surface area contributed by atoms with Gasteiger partial charge in [-0.15, -0.1) is 0 Å². The van der Waals surface area contributed by atoms with Gasteiger partial charge in [-0.3, -0.25) is 4.79 Å². The number of para-hydroxylation sites is 1. The Morgan fingerprint density at radius 3 is 2.54 bits per heavy atom. The Hall–Kier alpha value is -2.57. The Morgan fingerprint density at radius 1 is 1.04 bits per heavy atom. The van der Waals surface area contributed by atoms with E-state index in [1.54, 1.807) is 12.1 Å². The number of hydrogen-bond acceptors (Lipinski definition) is 5. The van der Waals surface area contributed by atoms with Crippen molar-refractivity contribution in [1.29, 1.82) is 0 Å². The molecule has 2 fully saturated rings. The number of rotatable bonds is 6. The molecule has 0 bridgehead atoms. The molecule has 0 radical (unpaired) electrons. The molecule has 0 aromatic heterocycles. The van der Waals surface area contributed by atoms with Gasteiger partial charge in [0.2, 0.25) is 0 Å². The smallest absolute Gasteiger partial charge is 0.258 e. The molecule has 1 spiro atoms. The quantitative estimate of drug-likeness (QED) is 0.829. The van der Waals surface area contributed by atoms with Crippen LogP contribution in [0.3, 0.4) is 0 Å². The van der Waals surface area contributed by atoms with E-state index in [9.17, 15) is 4.79 Å². The predicted octanol–water partition coefficient (Wildman–Crippen LogP) is 3.31. The summed E-state index contributed by atoms with van der Waals surface area (Å²) in [5, 5.41) is 3.06. The summed E-state index contributed by atoms with van der Waals surface area (Å²) < 4.78 is 22.7. The number of benzene rings is 2. The van der Waals surface area contributed by atoms with Crippen LogP contribution in [0.5, 0.6) is 17.2 Å². The number of ether oxygens (including phenoxy) is 4. The van der Waals surface area contributed by atoms with Crippen molar-refractivity contribution >= 4 is 5.91 Å². The second-order valence-corrected chi connectivity index (χ2v) is 7.27. The number of hydrogen-bond donors (Lipinski definition) is 1. The highest BCUT2D eigenvalue weighted by molar-refractivity contribution is 5.77. The first-order valence-corrected chi connectivity index (χ1v) is 9.68. The van der Waals surface area contributed by atoms with Gasteiger partial charge in [0.15, 0.2) is 6.61 Å². The molecule has 6 nitrogen and oxygen atoms in total. The van der Waals surface area contributed by atoms with Crippen LogP contribution in [0.4, 0.5) is 0 Å². The summed E-state index contributed by atoms with van der Waals surface area (Å²) in [6.45, 7) is 1.98. The number of carbonyl (C=O) groups is 1. The van der Waals surface area contributed by atoms with Gasteiger partial charge in [-0.1, -0.05) is 18.2 Å². The fourth-order valence-corrected chi connectivity index (χ4v) is 3.66. The Balaban J connectivity index is 1.23. The molecule has 0 saturated carbocycles. The lowest BCUT2D eigenvalue weighted by Crippen LogP contribution is -2.49. The van der Waals surface area contributed by atoms with E-state index < -0.39 is 0 Å². The van der Waals surface area contributed by atoms with Crippen LogP contribution in [0.2, 0.25) is 0 Å². The summed E-state index contributed by atoms with van der Waals surface area (Å²) in [6.07, 6.45) is 2.51. The van der Waals surface area contributed by atoms with Gasteiger partial charge in [-0.25, -0.2) is 0 Å². The molecule has 2 aromatic carbocycles. The minimum Gasteiger partial charge on any atom is -0.484 e. The molecule has 6 heteroatoms. The first kappa shape index (κ1) is 18.8. The van der Waals surface area contributed by atoms with Crippen LogP contribution in [0.1, 0.15) is 19.3 Å². The Bertz CT molecular complexity index is 771. The summed E-state index contributed by atoms with van der Waals surface area (Å²) in [4.78, 5) is 12.3. The summed E-state index contributed by atoms with van der Waals surface area (Å²) in [6, 6.07) is 16.9. The summed E-state index contributed by atoms with van der Waals surface area (Å²) >= 11 is 0. The molecule has 0 aliphatic carbocycles. The average Bonchev–Trinajstić information content (AvgIpc) is 3.16. The predicted molar refractivity (Wildman–Crippen MR) is 104 cm³/mol. The highest BCUT2D eigenvalue weighted by Crippen LogP contribution is 2.32. The highest BCUT2D eigenvalue weighted by atomic mass is 16.6. The minimum atomic E-state index is -0.217. The lowest BCUT2D eigenvalue weighted by Gasteiger charge is -2.37. The van der Waals surface area contributed by atoms with E-state index in [0.717, 1.165) is 31.6 Å². The maximum Gasteiger partial charge on any atom is 0.258 e. The van der Waals surface area contributed by atoms with Gasteiger partial charge < -0.3 is 24.3 Å². The fourth-order valence-electron chi connectivity index (χ4n) is 3.66. The van der Waals surface area contributed by atoms with Crippen LogP contribution in [-0.2, 0) is 14.3 Å². The third-order valence-corrected chi connectivity index (χ3v) is 5.10. The third kappa shape index (κ3) is 4.82. The second-order valence-electron chi connectivity index (χ2n) is 7.27. The third-order valence-electron chi connectivity index (χ3n) is 5.10. The van der Waals surface area contributed by atoms with E-state index in [2.05, 4.69) is 5.32 Å². The maximum atomic E-state index is 12.3. The van der Waals surface area contributed by atoms with Crippen molar-refractivity contribution in [2.75, 3.05) is 26.4 Å². The minimum absolute atomic E-state index is 0.0141. The number of carbonyl (C=O) groups excluding carboxylic acids is 1. The summed E-state index contributed by atoms with van der Waals surface area (Å²) in [5.74, 6) is 2.00. The molecule has 1 N–H and O–H groups in total. The van der Waals surface area contributed by atoms with Crippen LogP contribution in [0.15, 0.2) is 54.6 Å². The fraction of sp³-hybridized carbons (Fsp3) is 0.409. The van der Waals surface area contributed by atoms with Crippen LogP contribution < -0.4 is 14.8 Å². The van der Waals surface area contributed by atoms with Crippen molar-refractivity contribution < 1.29 is 23.7 Å². The van der Waals surface area contributed by atoms with Crippen LogP contribution in [0.25, 0.3) is 0 Å². The van der Waals surface area contributed by atoms with Gasteiger partial charge >= 0.3 is 0 Å². The van der Waals surface area contributed by atoms with Crippen molar-refractivity contribution in [1.82, 2.24) is 5.32 Å². The molecule has 2 aliphatic rings. The van der Waals surface area contributed by atoms with Crippen molar-refractivity contribution in [3.8, 4) is 17.2 Å². The molecular formula is C22H25NO5. The Kier molecular flexibility index (Phi) is 5.78. The van der Waals surface area contributed by atoms with Gasteiger partial charge in [-0.05, 0) is 49.2 Å². The lowest BCUT2D eigenvalue weighted by molar-refractivity contribution is -0.127. The van der Waals surface area contributed by atoms with Crippen molar-refractivity contribution in [2.45, 2.75) is 30.9 Å². The molecule has 2 atom stereocenters.